The molecule has 0 saturated carbocycles. The summed E-state index contributed by atoms with van der Waals surface area (Å²) in [5.41, 5.74) is 1.95. The van der Waals surface area contributed by atoms with E-state index >= 15 is 0 Å². The number of benzene rings is 2. The Morgan fingerprint density at radius 3 is 2.42 bits per heavy atom. The van der Waals surface area contributed by atoms with Crippen molar-refractivity contribution in [2.24, 2.45) is 0 Å². The number of carbonyl (C=O) groups excluding carboxylic acids is 2. The number of rotatable bonds is 7. The van der Waals surface area contributed by atoms with Crippen molar-refractivity contribution in [3.8, 4) is 11.5 Å². The summed E-state index contributed by atoms with van der Waals surface area (Å²) in [7, 11) is 1.57. The van der Waals surface area contributed by atoms with Crippen molar-refractivity contribution in [1.82, 2.24) is 9.88 Å². The summed E-state index contributed by atoms with van der Waals surface area (Å²) < 4.78 is 10.8. The molecule has 1 atom stereocenters. The van der Waals surface area contributed by atoms with Gasteiger partial charge in [0, 0.05) is 24.5 Å². The van der Waals surface area contributed by atoms with Crippen LogP contribution in [0.5, 0.6) is 11.5 Å². The van der Waals surface area contributed by atoms with E-state index in [9.17, 15) is 14.7 Å². The smallest absolute Gasteiger partial charge is 0.295 e. The summed E-state index contributed by atoms with van der Waals surface area (Å²) in [5.74, 6) is -0.435. The zero-order chi connectivity index (χ0) is 23.4. The van der Waals surface area contributed by atoms with Gasteiger partial charge in [0.2, 0.25) is 0 Å². The Balaban J connectivity index is 1.84. The van der Waals surface area contributed by atoms with Crippen LogP contribution in [-0.4, -0.2) is 40.4 Å². The zero-order valence-corrected chi connectivity index (χ0v) is 18.4. The number of ketones is 1. The van der Waals surface area contributed by atoms with Gasteiger partial charge in [-0.25, -0.2) is 0 Å². The third-order valence-corrected chi connectivity index (χ3v) is 5.49. The summed E-state index contributed by atoms with van der Waals surface area (Å²) in [6.45, 7) is 2.52. The fraction of sp³-hybridized carbons (Fsp3) is 0.192. The summed E-state index contributed by atoms with van der Waals surface area (Å²) in [6.07, 6.45) is 3.26. The Hall–Kier alpha value is -4.13. The van der Waals surface area contributed by atoms with E-state index in [4.69, 9.17) is 9.47 Å². The van der Waals surface area contributed by atoms with Crippen LogP contribution >= 0.6 is 0 Å². The van der Waals surface area contributed by atoms with E-state index in [1.807, 2.05) is 6.92 Å². The first-order chi connectivity index (χ1) is 16.0. The standard InChI is InChI=1S/C26H24N2O5/c1-3-33-21-6-4-5-19(15-21)24(29)22-23(18-7-9-20(32-2)10-8-18)28(26(31)25(22)30)16-17-11-13-27-14-12-17/h4-15,23,29H,3,16H2,1-2H3. The lowest BCUT2D eigenvalue weighted by atomic mass is 9.95. The first-order valence-electron chi connectivity index (χ1n) is 10.6. The zero-order valence-electron chi connectivity index (χ0n) is 18.4. The van der Waals surface area contributed by atoms with Crippen LogP contribution in [0.15, 0.2) is 78.6 Å². The number of Topliss-reactive ketones (excluding diaryl/α,β-unsaturated/α-hetero) is 1. The molecule has 1 aliphatic heterocycles. The molecule has 0 aliphatic carbocycles. The fourth-order valence-corrected chi connectivity index (χ4v) is 3.92. The molecule has 1 unspecified atom stereocenters. The number of ether oxygens (including phenoxy) is 2. The van der Waals surface area contributed by atoms with Gasteiger partial charge >= 0.3 is 0 Å². The van der Waals surface area contributed by atoms with Gasteiger partial charge in [0.25, 0.3) is 11.7 Å². The van der Waals surface area contributed by atoms with E-state index in [0.29, 0.717) is 29.2 Å². The number of likely N-dealkylation sites (tertiary alicyclic amines) is 1. The average Bonchev–Trinajstić information content (AvgIpc) is 3.09. The largest absolute Gasteiger partial charge is 0.507 e. The monoisotopic (exact) mass is 444 g/mol. The van der Waals surface area contributed by atoms with Crippen molar-refractivity contribution >= 4 is 17.4 Å². The second-order valence-corrected chi connectivity index (χ2v) is 7.52. The highest BCUT2D eigenvalue weighted by molar-refractivity contribution is 6.46. The molecule has 1 aromatic heterocycles. The highest BCUT2D eigenvalue weighted by Crippen LogP contribution is 2.41. The van der Waals surface area contributed by atoms with E-state index in [0.717, 1.165) is 5.56 Å². The quantitative estimate of drug-likeness (QED) is 0.335. The van der Waals surface area contributed by atoms with Crippen molar-refractivity contribution in [2.45, 2.75) is 19.5 Å². The molecule has 7 heteroatoms. The molecule has 0 bridgehead atoms. The van der Waals surface area contributed by atoms with E-state index in [1.165, 1.54) is 4.90 Å². The predicted molar refractivity (Wildman–Crippen MR) is 123 cm³/mol. The minimum Gasteiger partial charge on any atom is -0.507 e. The molecule has 7 nitrogen and oxygen atoms in total. The number of hydrogen-bond donors (Lipinski definition) is 1. The summed E-state index contributed by atoms with van der Waals surface area (Å²) in [5, 5.41) is 11.2. The Morgan fingerprint density at radius 1 is 1.03 bits per heavy atom. The number of amides is 1. The predicted octanol–water partition coefficient (Wildman–Crippen LogP) is 4.11. The van der Waals surface area contributed by atoms with E-state index in [1.54, 1.807) is 80.2 Å². The van der Waals surface area contributed by atoms with Gasteiger partial charge in [0.15, 0.2) is 0 Å². The third-order valence-electron chi connectivity index (χ3n) is 5.49. The molecule has 1 aliphatic rings. The Morgan fingerprint density at radius 2 is 1.76 bits per heavy atom. The summed E-state index contributed by atoms with van der Waals surface area (Å²) in [6, 6.07) is 16.7. The maximum Gasteiger partial charge on any atom is 0.295 e. The van der Waals surface area contributed by atoms with Gasteiger partial charge in [-0.3, -0.25) is 14.6 Å². The van der Waals surface area contributed by atoms with Gasteiger partial charge in [0.1, 0.15) is 17.3 Å². The van der Waals surface area contributed by atoms with Gasteiger partial charge in [0.05, 0.1) is 25.3 Å². The van der Waals surface area contributed by atoms with Crippen LogP contribution in [0.25, 0.3) is 5.76 Å². The first kappa shape index (κ1) is 22.1. The molecule has 1 saturated heterocycles. The molecule has 2 aromatic carbocycles. The molecule has 33 heavy (non-hydrogen) atoms. The van der Waals surface area contributed by atoms with Gasteiger partial charge < -0.3 is 19.5 Å². The van der Waals surface area contributed by atoms with Crippen molar-refractivity contribution < 1.29 is 24.2 Å². The van der Waals surface area contributed by atoms with Crippen molar-refractivity contribution in [3.05, 3.63) is 95.3 Å². The van der Waals surface area contributed by atoms with Gasteiger partial charge in [-0.1, -0.05) is 24.3 Å². The number of aliphatic hydroxyl groups is 1. The average molecular weight is 444 g/mol. The first-order valence-corrected chi connectivity index (χ1v) is 10.6. The van der Waals surface area contributed by atoms with Gasteiger partial charge in [-0.2, -0.15) is 0 Å². The maximum absolute atomic E-state index is 13.2. The van der Waals surface area contributed by atoms with Crippen molar-refractivity contribution in [3.63, 3.8) is 0 Å². The summed E-state index contributed by atoms with van der Waals surface area (Å²) >= 11 is 0. The SMILES string of the molecule is CCOc1cccc(C(O)=C2C(=O)C(=O)N(Cc3ccncc3)C2c2ccc(OC)cc2)c1. The molecule has 1 fully saturated rings. The van der Waals surface area contributed by atoms with Crippen LogP contribution in [0.4, 0.5) is 0 Å². The van der Waals surface area contributed by atoms with Gasteiger partial charge in [-0.15, -0.1) is 0 Å². The molecular formula is C26H24N2O5. The van der Waals surface area contributed by atoms with Crippen molar-refractivity contribution in [1.29, 1.82) is 0 Å². The number of aliphatic hydroxyl groups excluding tert-OH is 1. The van der Waals surface area contributed by atoms with Crippen LogP contribution in [0.3, 0.4) is 0 Å². The fourth-order valence-electron chi connectivity index (χ4n) is 3.92. The Labute approximate surface area is 191 Å². The van der Waals surface area contributed by atoms with Crippen LogP contribution in [0.2, 0.25) is 0 Å². The minimum atomic E-state index is -0.764. The third kappa shape index (κ3) is 4.43. The highest BCUT2D eigenvalue weighted by Gasteiger charge is 2.46. The molecule has 168 valence electrons. The number of nitrogens with zero attached hydrogens (tertiary/aromatic N) is 2. The molecular weight excluding hydrogens is 420 g/mol. The molecule has 1 N–H and O–H groups in total. The molecule has 1 amide bonds. The molecule has 4 rings (SSSR count). The minimum absolute atomic E-state index is 0.0351. The van der Waals surface area contributed by atoms with Crippen LogP contribution in [-0.2, 0) is 16.1 Å². The highest BCUT2D eigenvalue weighted by atomic mass is 16.5. The lowest BCUT2D eigenvalue weighted by Gasteiger charge is -2.25. The molecule has 3 aromatic rings. The molecule has 0 spiro atoms. The lowest BCUT2D eigenvalue weighted by Crippen LogP contribution is -2.29. The van der Waals surface area contributed by atoms with Crippen LogP contribution in [0.1, 0.15) is 29.7 Å². The van der Waals surface area contributed by atoms with E-state index in [-0.39, 0.29) is 17.9 Å². The number of carbonyl (C=O) groups is 2. The Bertz CT molecular complexity index is 1190. The van der Waals surface area contributed by atoms with E-state index in [2.05, 4.69) is 4.98 Å². The normalized spacial score (nSPS) is 17.3. The summed E-state index contributed by atoms with van der Waals surface area (Å²) in [4.78, 5) is 31.7. The number of hydrogen-bond acceptors (Lipinski definition) is 6. The lowest BCUT2D eigenvalue weighted by molar-refractivity contribution is -0.140. The van der Waals surface area contributed by atoms with Crippen molar-refractivity contribution in [2.75, 3.05) is 13.7 Å². The second-order valence-electron chi connectivity index (χ2n) is 7.52. The van der Waals surface area contributed by atoms with Crippen LogP contribution < -0.4 is 9.47 Å². The molecule has 0 radical (unpaired) electrons. The maximum atomic E-state index is 13.2. The molecule has 2 heterocycles. The van der Waals surface area contributed by atoms with Gasteiger partial charge in [-0.05, 0) is 54.4 Å². The second kappa shape index (κ2) is 9.56. The topological polar surface area (TPSA) is 89.0 Å². The number of pyridine rings is 1. The number of methoxy groups -OCH3 is 1. The van der Waals surface area contributed by atoms with Crippen LogP contribution in [0, 0.1) is 0 Å². The number of aromatic nitrogens is 1. The van der Waals surface area contributed by atoms with E-state index < -0.39 is 17.7 Å². The Kier molecular flexibility index (Phi) is 6.40.